The first-order valence-electron chi connectivity index (χ1n) is 6.12. The van der Waals surface area contributed by atoms with E-state index >= 15 is 0 Å². The lowest BCUT2D eigenvalue weighted by atomic mass is 9.91. The van der Waals surface area contributed by atoms with Crippen LogP contribution < -0.4 is 5.32 Å². The third-order valence-corrected chi connectivity index (χ3v) is 3.99. The van der Waals surface area contributed by atoms with Crippen molar-refractivity contribution in [3.05, 3.63) is 10.6 Å². The zero-order valence-electron chi connectivity index (χ0n) is 12.0. The second-order valence-corrected chi connectivity index (χ2v) is 7.09. The molecule has 0 spiro atoms. The molecular formula is C12H19N3O3S2. The van der Waals surface area contributed by atoms with Crippen LogP contribution in [0.2, 0.25) is 0 Å². The van der Waals surface area contributed by atoms with Gasteiger partial charge in [-0.15, -0.1) is 5.10 Å². The van der Waals surface area contributed by atoms with Gasteiger partial charge in [0.05, 0.1) is 5.69 Å². The molecule has 0 aliphatic rings. The average molecular weight is 317 g/mol. The third kappa shape index (κ3) is 4.45. The van der Waals surface area contributed by atoms with E-state index in [9.17, 15) is 9.59 Å². The number of carboxylic acid groups (broad SMARTS) is 1. The summed E-state index contributed by atoms with van der Waals surface area (Å²) in [6.07, 6.45) is 2.28. The maximum atomic E-state index is 12.2. The maximum Gasteiger partial charge on any atom is 0.326 e. The predicted molar refractivity (Wildman–Crippen MR) is 80.5 cm³/mol. The number of aromatic nitrogens is 2. The first-order valence-corrected chi connectivity index (χ1v) is 8.29. The van der Waals surface area contributed by atoms with Gasteiger partial charge in [-0.1, -0.05) is 25.3 Å². The lowest BCUT2D eigenvalue weighted by Gasteiger charge is -2.18. The van der Waals surface area contributed by atoms with Crippen molar-refractivity contribution in [3.63, 3.8) is 0 Å². The number of hydrogen-bond donors (Lipinski definition) is 2. The molecule has 0 aromatic carbocycles. The number of thioether (sulfide) groups is 1. The van der Waals surface area contributed by atoms with E-state index in [1.54, 1.807) is 11.8 Å². The van der Waals surface area contributed by atoms with Crippen LogP contribution in [0.15, 0.2) is 0 Å². The fourth-order valence-electron chi connectivity index (χ4n) is 1.55. The van der Waals surface area contributed by atoms with Gasteiger partial charge in [-0.25, -0.2) is 4.79 Å². The molecule has 1 rings (SSSR count). The molecule has 8 heteroatoms. The van der Waals surface area contributed by atoms with Crippen LogP contribution in [0.3, 0.4) is 0 Å². The number of amides is 1. The quantitative estimate of drug-likeness (QED) is 0.831. The summed E-state index contributed by atoms with van der Waals surface area (Å²) in [5.41, 5.74) is 0.284. The van der Waals surface area contributed by atoms with E-state index < -0.39 is 17.9 Å². The largest absolute Gasteiger partial charge is 0.480 e. The monoisotopic (exact) mass is 317 g/mol. The van der Waals surface area contributed by atoms with E-state index in [1.165, 1.54) is 0 Å². The Bertz CT molecular complexity index is 483. The molecule has 0 aliphatic carbocycles. The molecule has 0 bridgehead atoms. The highest BCUT2D eigenvalue weighted by Crippen LogP contribution is 2.25. The Balaban J connectivity index is 2.85. The maximum absolute atomic E-state index is 12.2. The van der Waals surface area contributed by atoms with E-state index in [2.05, 4.69) is 14.9 Å². The van der Waals surface area contributed by atoms with Crippen LogP contribution in [-0.4, -0.2) is 44.6 Å². The van der Waals surface area contributed by atoms with Gasteiger partial charge in [0.1, 0.15) is 10.9 Å². The molecule has 1 aromatic rings. The number of rotatable bonds is 6. The van der Waals surface area contributed by atoms with Gasteiger partial charge in [0, 0.05) is 5.41 Å². The standard InChI is InChI=1S/C12H19N3O3S2/c1-12(2,3)9-8(20-15-14-9)10(16)13-7(11(17)18)5-6-19-4/h7H,5-6H2,1-4H3,(H,13,16)(H,17,18)/t7-/m1/s1. The molecule has 20 heavy (non-hydrogen) atoms. The molecule has 112 valence electrons. The Hall–Kier alpha value is -1.15. The topological polar surface area (TPSA) is 92.2 Å². The molecule has 1 amide bonds. The highest BCUT2D eigenvalue weighted by molar-refractivity contribution is 7.98. The molecular weight excluding hydrogens is 298 g/mol. The zero-order valence-corrected chi connectivity index (χ0v) is 13.6. The number of carboxylic acids is 1. The molecule has 0 saturated carbocycles. The summed E-state index contributed by atoms with van der Waals surface area (Å²) >= 11 is 2.53. The van der Waals surface area contributed by atoms with Crippen LogP contribution in [0.4, 0.5) is 0 Å². The fraction of sp³-hybridized carbons (Fsp3) is 0.667. The Labute approximate surface area is 126 Å². The van der Waals surface area contributed by atoms with E-state index in [4.69, 9.17) is 5.11 Å². The minimum atomic E-state index is -1.03. The van der Waals surface area contributed by atoms with Gasteiger partial charge < -0.3 is 10.4 Å². The predicted octanol–water partition coefficient (Wildman–Crippen LogP) is 1.77. The first-order chi connectivity index (χ1) is 9.27. The molecule has 2 N–H and O–H groups in total. The summed E-state index contributed by atoms with van der Waals surface area (Å²) in [6, 6.07) is -0.884. The Morgan fingerprint density at radius 3 is 2.60 bits per heavy atom. The normalized spacial score (nSPS) is 13.0. The smallest absolute Gasteiger partial charge is 0.326 e. The highest BCUT2D eigenvalue weighted by atomic mass is 32.2. The number of hydrogen-bond acceptors (Lipinski definition) is 6. The summed E-state index contributed by atoms with van der Waals surface area (Å²) < 4.78 is 3.80. The van der Waals surface area contributed by atoms with Crippen LogP contribution in [-0.2, 0) is 10.2 Å². The molecule has 0 saturated heterocycles. The zero-order chi connectivity index (χ0) is 15.3. The molecule has 6 nitrogen and oxygen atoms in total. The summed E-state index contributed by atoms with van der Waals surface area (Å²) in [5, 5.41) is 15.6. The minimum absolute atomic E-state index is 0.308. The fourth-order valence-corrected chi connectivity index (χ4v) is 2.80. The van der Waals surface area contributed by atoms with Gasteiger partial charge >= 0.3 is 5.97 Å². The molecule has 0 aliphatic heterocycles. The van der Waals surface area contributed by atoms with Crippen LogP contribution >= 0.6 is 23.3 Å². The van der Waals surface area contributed by atoms with E-state index in [-0.39, 0.29) is 5.41 Å². The number of nitrogens with one attached hydrogen (secondary N) is 1. The van der Waals surface area contributed by atoms with Gasteiger partial charge in [0.15, 0.2) is 0 Å². The Kier molecular flexibility index (Phi) is 5.94. The third-order valence-electron chi connectivity index (χ3n) is 2.62. The van der Waals surface area contributed by atoms with E-state index in [0.717, 1.165) is 11.5 Å². The van der Waals surface area contributed by atoms with Crippen molar-refractivity contribution in [1.29, 1.82) is 0 Å². The van der Waals surface area contributed by atoms with Crippen molar-refractivity contribution >= 4 is 35.2 Å². The number of carbonyl (C=O) groups excluding carboxylic acids is 1. The number of carbonyl (C=O) groups is 2. The van der Waals surface area contributed by atoms with Gasteiger partial charge in [-0.3, -0.25) is 4.79 Å². The first kappa shape index (κ1) is 16.9. The van der Waals surface area contributed by atoms with E-state index in [0.29, 0.717) is 22.7 Å². The van der Waals surface area contributed by atoms with Gasteiger partial charge in [0.2, 0.25) is 0 Å². The van der Waals surface area contributed by atoms with Crippen molar-refractivity contribution in [2.45, 2.75) is 38.6 Å². The molecule has 0 radical (unpaired) electrons. The lowest BCUT2D eigenvalue weighted by molar-refractivity contribution is -0.139. The van der Waals surface area contributed by atoms with Crippen molar-refractivity contribution < 1.29 is 14.7 Å². The Morgan fingerprint density at radius 2 is 2.10 bits per heavy atom. The minimum Gasteiger partial charge on any atom is -0.480 e. The van der Waals surface area contributed by atoms with Crippen LogP contribution in [0.5, 0.6) is 0 Å². The van der Waals surface area contributed by atoms with Gasteiger partial charge in [0.25, 0.3) is 5.91 Å². The second kappa shape index (κ2) is 7.03. The molecule has 0 fully saturated rings. The summed E-state index contributed by atoms with van der Waals surface area (Å²) in [4.78, 5) is 23.7. The number of nitrogens with zero attached hydrogens (tertiary/aromatic N) is 2. The second-order valence-electron chi connectivity index (χ2n) is 5.35. The molecule has 1 atom stereocenters. The average Bonchev–Trinajstić information content (AvgIpc) is 2.82. The summed E-state index contributed by atoms with van der Waals surface area (Å²) in [5.74, 6) is -0.773. The highest BCUT2D eigenvalue weighted by Gasteiger charge is 2.28. The lowest BCUT2D eigenvalue weighted by Crippen LogP contribution is -2.41. The number of aliphatic carboxylic acids is 1. The molecule has 1 heterocycles. The van der Waals surface area contributed by atoms with Gasteiger partial charge in [-0.05, 0) is 30.0 Å². The van der Waals surface area contributed by atoms with Crippen LogP contribution in [0, 0.1) is 0 Å². The van der Waals surface area contributed by atoms with Crippen molar-refractivity contribution in [2.24, 2.45) is 0 Å². The summed E-state index contributed by atoms with van der Waals surface area (Å²) in [7, 11) is 0. The van der Waals surface area contributed by atoms with Crippen LogP contribution in [0.1, 0.15) is 42.6 Å². The Morgan fingerprint density at radius 1 is 1.45 bits per heavy atom. The summed E-state index contributed by atoms with van der Waals surface area (Å²) in [6.45, 7) is 5.80. The van der Waals surface area contributed by atoms with Gasteiger partial charge in [-0.2, -0.15) is 11.8 Å². The van der Waals surface area contributed by atoms with Crippen molar-refractivity contribution in [3.8, 4) is 0 Å². The molecule has 1 aromatic heterocycles. The molecule has 0 unspecified atom stereocenters. The van der Waals surface area contributed by atoms with Crippen LogP contribution in [0.25, 0.3) is 0 Å². The van der Waals surface area contributed by atoms with Crippen molar-refractivity contribution in [2.75, 3.05) is 12.0 Å². The van der Waals surface area contributed by atoms with E-state index in [1.807, 2.05) is 27.0 Å². The SMILES string of the molecule is CSCC[C@@H](NC(=O)c1snnc1C(C)(C)C)C(=O)O. The van der Waals surface area contributed by atoms with Crippen molar-refractivity contribution in [1.82, 2.24) is 14.9 Å².